The second kappa shape index (κ2) is 7.81. The van der Waals surface area contributed by atoms with Crippen LogP contribution in [0.15, 0.2) is 0 Å². The molecule has 2 saturated heterocycles. The lowest BCUT2D eigenvalue weighted by Crippen LogP contribution is -2.55. The van der Waals surface area contributed by atoms with Crippen LogP contribution in [0.2, 0.25) is 0 Å². The van der Waals surface area contributed by atoms with Crippen molar-refractivity contribution in [2.24, 2.45) is 23.7 Å². The smallest absolute Gasteiger partial charge is 0.184 e. The Labute approximate surface area is 141 Å². The minimum absolute atomic E-state index is 0.0247. The van der Waals surface area contributed by atoms with Crippen LogP contribution >= 0.6 is 0 Å². The van der Waals surface area contributed by atoms with E-state index in [1.807, 2.05) is 0 Å². The van der Waals surface area contributed by atoms with Crippen LogP contribution in [0, 0.1) is 23.7 Å². The highest BCUT2D eigenvalue weighted by atomic mass is 16.7. The third-order valence-corrected chi connectivity index (χ3v) is 6.42. The van der Waals surface area contributed by atoms with E-state index in [4.69, 9.17) is 14.2 Å². The average Bonchev–Trinajstić information content (AvgIpc) is 2.54. The van der Waals surface area contributed by atoms with E-state index in [9.17, 15) is 5.11 Å². The number of ether oxygens (including phenoxy) is 3. The summed E-state index contributed by atoms with van der Waals surface area (Å²) in [7, 11) is 0. The Morgan fingerprint density at radius 2 is 1.30 bits per heavy atom. The van der Waals surface area contributed by atoms with Gasteiger partial charge in [0, 0.05) is 0 Å². The summed E-state index contributed by atoms with van der Waals surface area (Å²) in [6.45, 7) is 15.1. The van der Waals surface area contributed by atoms with Gasteiger partial charge in [0.2, 0.25) is 0 Å². The molecule has 0 aromatic heterocycles. The van der Waals surface area contributed by atoms with Gasteiger partial charge in [-0.25, -0.2) is 0 Å². The number of rotatable bonds is 4. The molecule has 4 heteroatoms. The summed E-state index contributed by atoms with van der Waals surface area (Å²) in [5.74, 6) is 1.35. The van der Waals surface area contributed by atoms with Crippen molar-refractivity contribution in [2.75, 3.05) is 0 Å². The zero-order chi connectivity index (χ0) is 17.3. The monoisotopic (exact) mass is 328 g/mol. The summed E-state index contributed by atoms with van der Waals surface area (Å²) < 4.78 is 18.5. The van der Waals surface area contributed by atoms with Gasteiger partial charge >= 0.3 is 0 Å². The van der Waals surface area contributed by atoms with Gasteiger partial charge in [-0.15, -0.1) is 0 Å². The van der Waals surface area contributed by atoms with Crippen LogP contribution in [0.25, 0.3) is 0 Å². The summed E-state index contributed by atoms with van der Waals surface area (Å²) in [6, 6.07) is 0. The standard InChI is InChI=1S/C19H36O4/c1-8-15-11(4)13(6)18(14(7)21-15)23-19-17(20)12(5)10(3)16(9-2)22-19/h10-20H,8-9H2,1-7H3/t10-,11-,12-,13-,14+,15?,16?,17?,18?,19+/m0/s1. The van der Waals surface area contributed by atoms with Crippen LogP contribution in [0.4, 0.5) is 0 Å². The molecule has 4 nitrogen and oxygen atoms in total. The van der Waals surface area contributed by atoms with Gasteiger partial charge in [-0.05, 0) is 43.4 Å². The maximum Gasteiger partial charge on any atom is 0.184 e. The molecular formula is C19H36O4. The molecule has 136 valence electrons. The maximum atomic E-state index is 10.6. The summed E-state index contributed by atoms with van der Waals surface area (Å²) in [6.07, 6.45) is 1.27. The SMILES string of the molecule is CCC1O[C@H](OC2[C@@H](C)[C@H](C)C(CC)O[C@@H]2C)C(O)[C@@H](C)[C@@H]1C. The van der Waals surface area contributed by atoms with Gasteiger partial charge in [0.25, 0.3) is 0 Å². The summed E-state index contributed by atoms with van der Waals surface area (Å²) in [5.41, 5.74) is 0. The molecule has 0 spiro atoms. The van der Waals surface area contributed by atoms with Crippen molar-refractivity contribution in [3.63, 3.8) is 0 Å². The molecule has 0 amide bonds. The van der Waals surface area contributed by atoms with Gasteiger partial charge in [0.15, 0.2) is 6.29 Å². The van der Waals surface area contributed by atoms with Crippen LogP contribution < -0.4 is 0 Å². The normalized spacial score (nSPS) is 51.7. The molecule has 0 radical (unpaired) electrons. The highest BCUT2D eigenvalue weighted by molar-refractivity contribution is 4.89. The molecule has 2 heterocycles. The number of aliphatic hydroxyl groups is 1. The van der Waals surface area contributed by atoms with Crippen LogP contribution in [-0.2, 0) is 14.2 Å². The van der Waals surface area contributed by atoms with Gasteiger partial charge in [0.05, 0.1) is 24.4 Å². The predicted molar refractivity (Wildman–Crippen MR) is 91.1 cm³/mol. The van der Waals surface area contributed by atoms with Crippen LogP contribution in [-0.4, -0.2) is 41.9 Å². The first-order chi connectivity index (χ1) is 10.8. The predicted octanol–water partition coefficient (Wildman–Crippen LogP) is 3.61. The van der Waals surface area contributed by atoms with Crippen molar-refractivity contribution >= 4 is 0 Å². The summed E-state index contributed by atoms with van der Waals surface area (Å²) in [5, 5.41) is 10.6. The van der Waals surface area contributed by atoms with E-state index in [0.29, 0.717) is 23.9 Å². The zero-order valence-corrected chi connectivity index (χ0v) is 15.9. The molecule has 2 rings (SSSR count). The van der Waals surface area contributed by atoms with Crippen molar-refractivity contribution in [3.05, 3.63) is 0 Å². The first-order valence-electron chi connectivity index (χ1n) is 9.46. The Bertz CT molecular complexity index is 372. The average molecular weight is 328 g/mol. The van der Waals surface area contributed by atoms with Gasteiger partial charge in [-0.1, -0.05) is 41.5 Å². The Hall–Kier alpha value is -0.160. The molecule has 0 aromatic carbocycles. The van der Waals surface area contributed by atoms with Gasteiger partial charge < -0.3 is 19.3 Å². The van der Waals surface area contributed by atoms with Crippen LogP contribution in [0.5, 0.6) is 0 Å². The molecule has 2 fully saturated rings. The number of aliphatic hydroxyl groups excluding tert-OH is 1. The van der Waals surface area contributed by atoms with E-state index in [0.717, 1.165) is 12.8 Å². The van der Waals surface area contributed by atoms with Crippen molar-refractivity contribution in [1.82, 2.24) is 0 Å². The minimum Gasteiger partial charge on any atom is -0.388 e. The molecule has 2 aliphatic rings. The fraction of sp³-hybridized carbons (Fsp3) is 1.00. The molecule has 0 saturated carbocycles. The van der Waals surface area contributed by atoms with E-state index in [2.05, 4.69) is 48.5 Å². The number of hydrogen-bond acceptors (Lipinski definition) is 4. The van der Waals surface area contributed by atoms with Crippen LogP contribution in [0.3, 0.4) is 0 Å². The molecule has 4 unspecified atom stereocenters. The topological polar surface area (TPSA) is 47.9 Å². The molecule has 0 aliphatic carbocycles. The summed E-state index contributed by atoms with van der Waals surface area (Å²) >= 11 is 0. The summed E-state index contributed by atoms with van der Waals surface area (Å²) in [4.78, 5) is 0. The van der Waals surface area contributed by atoms with Crippen molar-refractivity contribution < 1.29 is 19.3 Å². The van der Waals surface area contributed by atoms with E-state index in [-0.39, 0.29) is 24.2 Å². The lowest BCUT2D eigenvalue weighted by Gasteiger charge is -2.48. The Morgan fingerprint density at radius 1 is 0.783 bits per heavy atom. The molecule has 0 bridgehead atoms. The largest absolute Gasteiger partial charge is 0.388 e. The Morgan fingerprint density at radius 3 is 1.87 bits per heavy atom. The molecular weight excluding hydrogens is 292 g/mol. The third-order valence-electron chi connectivity index (χ3n) is 6.42. The van der Waals surface area contributed by atoms with E-state index in [1.165, 1.54) is 0 Å². The molecule has 23 heavy (non-hydrogen) atoms. The van der Waals surface area contributed by atoms with Gasteiger partial charge in [-0.2, -0.15) is 0 Å². The van der Waals surface area contributed by atoms with E-state index >= 15 is 0 Å². The fourth-order valence-corrected chi connectivity index (χ4v) is 4.25. The van der Waals surface area contributed by atoms with Gasteiger partial charge in [0.1, 0.15) is 6.10 Å². The zero-order valence-electron chi connectivity index (χ0n) is 15.9. The molecule has 2 aliphatic heterocycles. The Balaban J connectivity index is 2.08. The van der Waals surface area contributed by atoms with Crippen molar-refractivity contribution in [2.45, 2.75) is 98.1 Å². The van der Waals surface area contributed by atoms with Crippen molar-refractivity contribution in [1.29, 1.82) is 0 Å². The lowest BCUT2D eigenvalue weighted by atomic mass is 9.80. The van der Waals surface area contributed by atoms with E-state index in [1.54, 1.807) is 0 Å². The third kappa shape index (κ3) is 3.76. The van der Waals surface area contributed by atoms with E-state index < -0.39 is 12.4 Å². The quantitative estimate of drug-likeness (QED) is 0.856. The molecule has 10 atom stereocenters. The Kier molecular flexibility index (Phi) is 6.51. The second-order valence-corrected chi connectivity index (χ2v) is 7.77. The van der Waals surface area contributed by atoms with Crippen LogP contribution in [0.1, 0.15) is 61.3 Å². The maximum absolute atomic E-state index is 10.6. The molecule has 0 aromatic rings. The lowest BCUT2D eigenvalue weighted by molar-refractivity contribution is -0.312. The highest BCUT2D eigenvalue weighted by Crippen LogP contribution is 2.38. The number of hydrogen-bond donors (Lipinski definition) is 1. The minimum atomic E-state index is -0.577. The van der Waals surface area contributed by atoms with Crippen molar-refractivity contribution in [3.8, 4) is 0 Å². The van der Waals surface area contributed by atoms with Gasteiger partial charge in [-0.3, -0.25) is 0 Å². The highest BCUT2D eigenvalue weighted by Gasteiger charge is 2.45. The first kappa shape index (κ1) is 19.2. The second-order valence-electron chi connectivity index (χ2n) is 7.77. The first-order valence-corrected chi connectivity index (χ1v) is 9.46. The fourth-order valence-electron chi connectivity index (χ4n) is 4.25. The molecule has 1 N–H and O–H groups in total.